The Kier molecular flexibility index (Phi) is 3.46. The number of hydrogen-bond acceptors (Lipinski definition) is 2. The van der Waals surface area contributed by atoms with Gasteiger partial charge in [0.05, 0.1) is 0 Å². The summed E-state index contributed by atoms with van der Waals surface area (Å²) in [5, 5.41) is 0. The lowest BCUT2D eigenvalue weighted by Crippen LogP contribution is -2.04. The van der Waals surface area contributed by atoms with E-state index in [1.807, 2.05) is 18.2 Å². The summed E-state index contributed by atoms with van der Waals surface area (Å²) in [6, 6.07) is 1.81. The highest BCUT2D eigenvalue weighted by molar-refractivity contribution is 5.60. The van der Waals surface area contributed by atoms with Crippen molar-refractivity contribution in [3.63, 3.8) is 0 Å². The largest absolute Gasteiger partial charge is 0.423 e. The second-order valence-electron chi connectivity index (χ2n) is 3.05. The zero-order chi connectivity index (χ0) is 10.6. The first-order chi connectivity index (χ1) is 6.69. The van der Waals surface area contributed by atoms with E-state index in [1.54, 1.807) is 13.0 Å². The number of hydrogen-bond donors (Lipinski definition) is 0. The van der Waals surface area contributed by atoms with Crippen molar-refractivity contribution in [2.45, 2.75) is 20.3 Å². The SMILES string of the molecule is C=Cc1oc(=O)c(C)cc1/C=C\CC. The summed E-state index contributed by atoms with van der Waals surface area (Å²) in [7, 11) is 0. The second-order valence-corrected chi connectivity index (χ2v) is 3.05. The first kappa shape index (κ1) is 10.5. The van der Waals surface area contributed by atoms with Crippen LogP contribution in [0, 0.1) is 6.92 Å². The molecule has 2 heteroatoms. The summed E-state index contributed by atoms with van der Waals surface area (Å²) in [6.45, 7) is 7.39. The molecule has 2 nitrogen and oxygen atoms in total. The summed E-state index contributed by atoms with van der Waals surface area (Å²) in [4.78, 5) is 11.2. The molecule has 1 aromatic heterocycles. The molecule has 0 unspecified atom stereocenters. The summed E-state index contributed by atoms with van der Waals surface area (Å²) >= 11 is 0. The van der Waals surface area contributed by atoms with E-state index in [0.717, 1.165) is 12.0 Å². The maximum atomic E-state index is 11.2. The minimum absolute atomic E-state index is 0.298. The molecule has 14 heavy (non-hydrogen) atoms. The van der Waals surface area contributed by atoms with E-state index in [4.69, 9.17) is 4.42 Å². The highest BCUT2D eigenvalue weighted by atomic mass is 16.4. The third kappa shape index (κ3) is 2.22. The van der Waals surface area contributed by atoms with E-state index >= 15 is 0 Å². The fourth-order valence-corrected chi connectivity index (χ4v) is 1.14. The molecule has 0 saturated carbocycles. The van der Waals surface area contributed by atoms with Crippen molar-refractivity contribution in [3.8, 4) is 0 Å². The zero-order valence-electron chi connectivity index (χ0n) is 8.54. The van der Waals surface area contributed by atoms with E-state index in [2.05, 4.69) is 13.5 Å². The van der Waals surface area contributed by atoms with Crippen molar-refractivity contribution >= 4 is 12.2 Å². The molecular formula is C12H14O2. The molecule has 0 fully saturated rings. The summed E-state index contributed by atoms with van der Waals surface area (Å²) in [5.74, 6) is 0.533. The maximum Gasteiger partial charge on any atom is 0.339 e. The molecule has 0 aliphatic heterocycles. The smallest absolute Gasteiger partial charge is 0.339 e. The molecule has 1 heterocycles. The summed E-state index contributed by atoms with van der Waals surface area (Å²) in [5.41, 5.74) is 1.22. The quantitative estimate of drug-likeness (QED) is 0.733. The Morgan fingerprint density at radius 3 is 2.86 bits per heavy atom. The van der Waals surface area contributed by atoms with Gasteiger partial charge in [-0.05, 0) is 25.5 Å². The highest BCUT2D eigenvalue weighted by Crippen LogP contribution is 2.11. The van der Waals surface area contributed by atoms with Crippen LogP contribution in [0.15, 0.2) is 27.9 Å². The Hall–Kier alpha value is -1.57. The van der Waals surface area contributed by atoms with Crippen LogP contribution >= 0.6 is 0 Å². The van der Waals surface area contributed by atoms with Gasteiger partial charge < -0.3 is 4.42 Å². The predicted octanol–water partition coefficient (Wildman–Crippen LogP) is 3.01. The Bertz CT molecular complexity index is 411. The van der Waals surface area contributed by atoms with Gasteiger partial charge in [0.25, 0.3) is 0 Å². The lowest BCUT2D eigenvalue weighted by atomic mass is 10.1. The third-order valence-electron chi connectivity index (χ3n) is 1.90. The summed E-state index contributed by atoms with van der Waals surface area (Å²) in [6.07, 6.45) is 6.46. The molecule has 0 radical (unpaired) electrons. The monoisotopic (exact) mass is 190 g/mol. The van der Waals surface area contributed by atoms with Crippen LogP contribution in [0.2, 0.25) is 0 Å². The average Bonchev–Trinajstić information content (AvgIpc) is 2.19. The molecule has 0 atom stereocenters. The number of rotatable bonds is 3. The van der Waals surface area contributed by atoms with Gasteiger partial charge in [-0.3, -0.25) is 0 Å². The van der Waals surface area contributed by atoms with Crippen LogP contribution in [0.1, 0.15) is 30.2 Å². The van der Waals surface area contributed by atoms with Gasteiger partial charge in [-0.25, -0.2) is 4.79 Å². The van der Waals surface area contributed by atoms with Crippen molar-refractivity contribution in [1.82, 2.24) is 0 Å². The normalized spacial score (nSPS) is 10.7. The first-order valence-corrected chi connectivity index (χ1v) is 4.62. The van der Waals surface area contributed by atoms with E-state index in [9.17, 15) is 4.79 Å². The topological polar surface area (TPSA) is 30.2 Å². The van der Waals surface area contributed by atoms with E-state index in [0.29, 0.717) is 11.3 Å². The molecular weight excluding hydrogens is 176 g/mol. The van der Waals surface area contributed by atoms with Crippen LogP contribution in [0.25, 0.3) is 12.2 Å². The molecule has 0 saturated heterocycles. The molecule has 1 aromatic rings. The van der Waals surface area contributed by atoms with Gasteiger partial charge in [-0.2, -0.15) is 0 Å². The average molecular weight is 190 g/mol. The highest BCUT2D eigenvalue weighted by Gasteiger charge is 2.02. The van der Waals surface area contributed by atoms with E-state index in [-0.39, 0.29) is 5.63 Å². The van der Waals surface area contributed by atoms with Gasteiger partial charge in [0.1, 0.15) is 5.76 Å². The Balaban J connectivity index is 3.27. The minimum atomic E-state index is -0.298. The molecule has 0 amide bonds. The minimum Gasteiger partial charge on any atom is -0.423 e. The van der Waals surface area contributed by atoms with Gasteiger partial charge in [0.2, 0.25) is 0 Å². The molecule has 1 rings (SSSR count). The molecule has 74 valence electrons. The second kappa shape index (κ2) is 4.61. The zero-order valence-corrected chi connectivity index (χ0v) is 8.54. The van der Waals surface area contributed by atoms with Crippen LogP contribution in [-0.4, -0.2) is 0 Å². The maximum absolute atomic E-state index is 11.2. The summed E-state index contributed by atoms with van der Waals surface area (Å²) < 4.78 is 5.06. The Labute approximate surface area is 83.6 Å². The molecule has 0 N–H and O–H groups in total. The lowest BCUT2D eigenvalue weighted by Gasteiger charge is -1.99. The van der Waals surface area contributed by atoms with E-state index < -0.39 is 0 Å². The third-order valence-corrected chi connectivity index (χ3v) is 1.90. The molecule has 0 spiro atoms. The van der Waals surface area contributed by atoms with Crippen LogP contribution in [0.4, 0.5) is 0 Å². The first-order valence-electron chi connectivity index (χ1n) is 4.62. The Morgan fingerprint density at radius 2 is 2.29 bits per heavy atom. The molecule has 0 aromatic carbocycles. The lowest BCUT2D eigenvalue weighted by molar-refractivity contribution is 0.495. The molecule has 0 aliphatic rings. The van der Waals surface area contributed by atoms with Gasteiger partial charge in [-0.15, -0.1) is 0 Å². The molecule has 0 aliphatic carbocycles. The van der Waals surface area contributed by atoms with Crippen molar-refractivity contribution in [2.24, 2.45) is 0 Å². The standard InChI is InChI=1S/C12H14O2/c1-4-6-7-10-8-9(3)12(13)14-11(10)5-2/h5-8H,2,4H2,1,3H3/b7-6-. The predicted molar refractivity (Wildman–Crippen MR) is 59.1 cm³/mol. The Morgan fingerprint density at radius 1 is 1.57 bits per heavy atom. The van der Waals surface area contributed by atoms with E-state index in [1.165, 1.54) is 0 Å². The van der Waals surface area contributed by atoms with Crippen LogP contribution in [0.5, 0.6) is 0 Å². The molecule has 0 bridgehead atoms. The number of aryl methyl sites for hydroxylation is 1. The van der Waals surface area contributed by atoms with Crippen molar-refractivity contribution < 1.29 is 4.42 Å². The van der Waals surface area contributed by atoms with Crippen LogP contribution < -0.4 is 5.63 Å². The van der Waals surface area contributed by atoms with Crippen molar-refractivity contribution in [2.75, 3.05) is 0 Å². The van der Waals surface area contributed by atoms with Gasteiger partial charge in [0.15, 0.2) is 0 Å². The fourth-order valence-electron chi connectivity index (χ4n) is 1.14. The number of allylic oxidation sites excluding steroid dienone is 1. The van der Waals surface area contributed by atoms with Gasteiger partial charge >= 0.3 is 5.63 Å². The van der Waals surface area contributed by atoms with Crippen molar-refractivity contribution in [1.29, 1.82) is 0 Å². The van der Waals surface area contributed by atoms with Crippen LogP contribution in [0.3, 0.4) is 0 Å². The van der Waals surface area contributed by atoms with Crippen molar-refractivity contribution in [3.05, 3.63) is 46.0 Å². The van der Waals surface area contributed by atoms with Gasteiger partial charge in [-0.1, -0.05) is 25.7 Å². The van der Waals surface area contributed by atoms with Gasteiger partial charge in [0, 0.05) is 11.1 Å². The fraction of sp³-hybridized carbons (Fsp3) is 0.250. The van der Waals surface area contributed by atoms with Crippen LogP contribution in [-0.2, 0) is 0 Å².